The Morgan fingerprint density at radius 3 is 2.81 bits per heavy atom. The quantitative estimate of drug-likeness (QED) is 0.914. The molecule has 0 fully saturated rings. The number of hydrogen-bond donors (Lipinski definition) is 1. The fourth-order valence-corrected chi connectivity index (χ4v) is 2.70. The first-order valence-corrected chi connectivity index (χ1v) is 6.83. The lowest BCUT2D eigenvalue weighted by atomic mass is 10.1. The molecular weight excluding hydrogens is 266 g/mol. The second-order valence-corrected chi connectivity index (χ2v) is 5.50. The van der Waals surface area contributed by atoms with Crippen LogP contribution in [-0.4, -0.2) is 29.8 Å². The number of anilines is 2. The van der Waals surface area contributed by atoms with Crippen LogP contribution in [0.25, 0.3) is 0 Å². The van der Waals surface area contributed by atoms with Gasteiger partial charge in [-0.3, -0.25) is 9.48 Å². The summed E-state index contributed by atoms with van der Waals surface area (Å²) in [4.78, 5) is 15.7. The van der Waals surface area contributed by atoms with E-state index in [0.717, 1.165) is 29.0 Å². The van der Waals surface area contributed by atoms with Crippen LogP contribution in [0.3, 0.4) is 0 Å². The third-order valence-electron chi connectivity index (χ3n) is 3.93. The van der Waals surface area contributed by atoms with Crippen molar-refractivity contribution in [2.45, 2.75) is 12.6 Å². The minimum absolute atomic E-state index is 0.0583. The number of carbonyl (C=O) groups is 1. The lowest BCUT2D eigenvalue weighted by molar-refractivity contribution is -0.118. The first-order valence-electron chi connectivity index (χ1n) is 6.83. The largest absolute Gasteiger partial charge is 0.370 e. The van der Waals surface area contributed by atoms with E-state index in [0.29, 0.717) is 0 Å². The summed E-state index contributed by atoms with van der Waals surface area (Å²) in [6.45, 7) is 0.760. The minimum Gasteiger partial charge on any atom is -0.370 e. The number of nitrogens with zero attached hydrogens (tertiary/aromatic N) is 4. The second-order valence-electron chi connectivity index (χ2n) is 5.50. The van der Waals surface area contributed by atoms with Crippen molar-refractivity contribution in [3.8, 4) is 0 Å². The zero-order valence-electron chi connectivity index (χ0n) is 12.4. The summed E-state index contributed by atoms with van der Waals surface area (Å²) in [5.74, 6) is -0.0583. The Bertz CT molecular complexity index is 693. The van der Waals surface area contributed by atoms with E-state index in [-0.39, 0.29) is 5.91 Å². The van der Waals surface area contributed by atoms with Gasteiger partial charge in [0.1, 0.15) is 6.04 Å². The van der Waals surface area contributed by atoms with Gasteiger partial charge in [0.05, 0.1) is 11.9 Å². The van der Waals surface area contributed by atoms with Gasteiger partial charge in [0, 0.05) is 50.7 Å². The topological polar surface area (TPSA) is 67.4 Å². The molecule has 21 heavy (non-hydrogen) atoms. The molecule has 3 rings (SSSR count). The summed E-state index contributed by atoms with van der Waals surface area (Å²) in [7, 11) is 5.69. The van der Waals surface area contributed by atoms with Crippen LogP contribution in [0.4, 0.5) is 11.4 Å². The van der Waals surface area contributed by atoms with E-state index in [1.165, 1.54) is 0 Å². The van der Waals surface area contributed by atoms with Crippen molar-refractivity contribution < 1.29 is 4.79 Å². The highest BCUT2D eigenvalue weighted by Crippen LogP contribution is 2.36. The normalized spacial score (nSPS) is 17.2. The van der Waals surface area contributed by atoms with Gasteiger partial charge in [-0.2, -0.15) is 5.10 Å². The van der Waals surface area contributed by atoms with Gasteiger partial charge in [-0.15, -0.1) is 0 Å². The first-order chi connectivity index (χ1) is 9.97. The molecule has 0 aliphatic carbocycles. The number of hydrogen-bond acceptors (Lipinski definition) is 4. The summed E-state index contributed by atoms with van der Waals surface area (Å²) in [5, 5.41) is 4.17. The van der Waals surface area contributed by atoms with E-state index in [9.17, 15) is 4.79 Å². The number of amides is 1. The van der Waals surface area contributed by atoms with Gasteiger partial charge in [-0.25, -0.2) is 0 Å². The molecule has 1 aromatic heterocycles. The maximum absolute atomic E-state index is 11.9. The Morgan fingerprint density at radius 1 is 1.38 bits per heavy atom. The van der Waals surface area contributed by atoms with Gasteiger partial charge in [-0.05, 0) is 12.1 Å². The Morgan fingerprint density at radius 2 is 2.14 bits per heavy atom. The molecule has 6 heteroatoms. The molecule has 0 bridgehead atoms. The molecule has 2 aromatic rings. The molecule has 1 aromatic carbocycles. The van der Waals surface area contributed by atoms with Crippen molar-refractivity contribution >= 4 is 17.3 Å². The Balaban J connectivity index is 1.86. The van der Waals surface area contributed by atoms with Crippen LogP contribution in [0.5, 0.6) is 0 Å². The summed E-state index contributed by atoms with van der Waals surface area (Å²) < 4.78 is 1.79. The number of nitrogens with two attached hydrogens (primary N) is 1. The van der Waals surface area contributed by atoms with E-state index in [2.05, 4.69) is 10.00 Å². The molecule has 2 heterocycles. The van der Waals surface area contributed by atoms with Crippen molar-refractivity contribution in [1.82, 2.24) is 9.78 Å². The average Bonchev–Trinajstić information content (AvgIpc) is 2.97. The maximum atomic E-state index is 11.9. The Labute approximate surface area is 123 Å². The zero-order chi connectivity index (χ0) is 15.1. The molecule has 1 amide bonds. The third kappa shape index (κ3) is 2.27. The predicted molar refractivity (Wildman–Crippen MR) is 82.1 cm³/mol. The van der Waals surface area contributed by atoms with Gasteiger partial charge in [0.2, 0.25) is 5.91 Å². The molecule has 2 N–H and O–H groups in total. The lowest BCUT2D eigenvalue weighted by Gasteiger charge is -2.20. The van der Waals surface area contributed by atoms with Gasteiger partial charge in [-0.1, -0.05) is 6.07 Å². The molecule has 0 saturated heterocycles. The van der Waals surface area contributed by atoms with E-state index < -0.39 is 6.04 Å². The summed E-state index contributed by atoms with van der Waals surface area (Å²) in [5.41, 5.74) is 9.89. The van der Waals surface area contributed by atoms with E-state index in [4.69, 9.17) is 5.73 Å². The third-order valence-corrected chi connectivity index (χ3v) is 3.93. The van der Waals surface area contributed by atoms with Crippen LogP contribution in [0.1, 0.15) is 17.2 Å². The summed E-state index contributed by atoms with van der Waals surface area (Å²) in [6.07, 6.45) is 3.85. The minimum atomic E-state index is -0.539. The van der Waals surface area contributed by atoms with Gasteiger partial charge in [0.15, 0.2) is 0 Å². The van der Waals surface area contributed by atoms with E-state index in [1.54, 1.807) is 16.6 Å². The Hall–Kier alpha value is -2.34. The van der Waals surface area contributed by atoms with Gasteiger partial charge >= 0.3 is 0 Å². The molecule has 1 aliphatic heterocycles. The number of rotatable bonds is 3. The van der Waals surface area contributed by atoms with Crippen molar-refractivity contribution in [1.29, 1.82) is 0 Å². The van der Waals surface area contributed by atoms with Crippen molar-refractivity contribution in [2.24, 2.45) is 12.8 Å². The molecule has 6 nitrogen and oxygen atoms in total. The molecule has 110 valence electrons. The standard InChI is InChI=1S/C15H19N5O/c1-18(8-10-7-17-19(2)9-10)11-4-5-12-13(6-11)20(3)15(21)14(12)16/h4-7,9,14H,8,16H2,1-3H3. The van der Waals surface area contributed by atoms with Crippen molar-refractivity contribution in [3.63, 3.8) is 0 Å². The number of fused-ring (bicyclic) bond motifs is 1. The number of likely N-dealkylation sites (N-methyl/N-ethyl adjacent to an activating group) is 1. The summed E-state index contributed by atoms with van der Waals surface area (Å²) in [6, 6.07) is 5.41. The number of aromatic nitrogens is 2. The number of benzene rings is 1. The van der Waals surface area contributed by atoms with Crippen LogP contribution < -0.4 is 15.5 Å². The van der Waals surface area contributed by atoms with Crippen LogP contribution >= 0.6 is 0 Å². The molecule has 0 radical (unpaired) electrons. The zero-order valence-corrected chi connectivity index (χ0v) is 12.4. The molecule has 0 spiro atoms. The molecule has 1 unspecified atom stereocenters. The summed E-state index contributed by atoms with van der Waals surface area (Å²) >= 11 is 0. The average molecular weight is 285 g/mol. The molecular formula is C15H19N5O. The monoisotopic (exact) mass is 285 g/mol. The SMILES string of the molecule is CN(Cc1cnn(C)c1)c1ccc2c(c1)N(C)C(=O)C2N. The second kappa shape index (κ2) is 4.89. The van der Waals surface area contributed by atoms with Crippen LogP contribution in [0.15, 0.2) is 30.6 Å². The first kappa shape index (κ1) is 13.6. The highest BCUT2D eigenvalue weighted by molar-refractivity contribution is 6.04. The van der Waals surface area contributed by atoms with E-state index in [1.807, 2.05) is 44.7 Å². The maximum Gasteiger partial charge on any atom is 0.248 e. The van der Waals surface area contributed by atoms with Crippen molar-refractivity contribution in [3.05, 3.63) is 41.7 Å². The van der Waals surface area contributed by atoms with Crippen LogP contribution in [-0.2, 0) is 18.4 Å². The van der Waals surface area contributed by atoms with Crippen LogP contribution in [0, 0.1) is 0 Å². The van der Waals surface area contributed by atoms with Gasteiger partial charge in [0.25, 0.3) is 0 Å². The van der Waals surface area contributed by atoms with Gasteiger partial charge < -0.3 is 15.5 Å². The highest BCUT2D eigenvalue weighted by Gasteiger charge is 2.32. The smallest absolute Gasteiger partial charge is 0.248 e. The Kier molecular flexibility index (Phi) is 3.17. The van der Waals surface area contributed by atoms with Crippen molar-refractivity contribution in [2.75, 3.05) is 23.9 Å². The fourth-order valence-electron chi connectivity index (χ4n) is 2.70. The van der Waals surface area contributed by atoms with Crippen LogP contribution in [0.2, 0.25) is 0 Å². The lowest BCUT2D eigenvalue weighted by Crippen LogP contribution is -2.27. The molecule has 1 atom stereocenters. The molecule has 0 saturated carbocycles. The predicted octanol–water partition coefficient (Wildman–Crippen LogP) is 1.03. The molecule has 1 aliphatic rings. The number of aryl methyl sites for hydroxylation is 1. The van der Waals surface area contributed by atoms with E-state index >= 15 is 0 Å². The number of carbonyl (C=O) groups excluding carboxylic acids is 1. The highest BCUT2D eigenvalue weighted by atomic mass is 16.2. The fraction of sp³-hybridized carbons (Fsp3) is 0.333.